The lowest BCUT2D eigenvalue weighted by Crippen LogP contribution is -2.51. The second-order valence-corrected chi connectivity index (χ2v) is 9.86. The summed E-state index contributed by atoms with van der Waals surface area (Å²) in [6, 6.07) is 6.72. The number of urea groups is 1. The number of nitrogens with zero attached hydrogens (tertiary/aromatic N) is 2. The van der Waals surface area contributed by atoms with Gasteiger partial charge in [-0.05, 0) is 61.3 Å². The topological polar surface area (TPSA) is 88.2 Å². The second kappa shape index (κ2) is 10.0. The molecule has 4 amide bonds. The molecule has 8 nitrogen and oxygen atoms in total. The molecule has 1 saturated heterocycles. The first-order chi connectivity index (χ1) is 15.6. The largest absolute Gasteiger partial charge is 0.497 e. The van der Waals surface area contributed by atoms with E-state index in [0.717, 1.165) is 29.9 Å². The molecule has 1 aromatic rings. The molecule has 2 aliphatic rings. The van der Waals surface area contributed by atoms with Crippen LogP contribution in [0.1, 0.15) is 52.9 Å². The fourth-order valence-corrected chi connectivity index (χ4v) is 4.69. The normalized spacial score (nSPS) is 22.9. The van der Waals surface area contributed by atoms with Crippen molar-refractivity contribution in [2.75, 3.05) is 33.9 Å². The van der Waals surface area contributed by atoms with Crippen LogP contribution in [0.5, 0.6) is 11.5 Å². The van der Waals surface area contributed by atoms with Gasteiger partial charge in [0.1, 0.15) is 30.2 Å². The number of amides is 4. The van der Waals surface area contributed by atoms with E-state index in [9.17, 15) is 14.4 Å². The van der Waals surface area contributed by atoms with Crippen LogP contribution in [-0.2, 0) is 9.59 Å². The third kappa shape index (κ3) is 5.42. The maximum Gasteiger partial charge on any atom is 0.325 e. The molecule has 8 heteroatoms. The number of likely N-dealkylation sites (N-methyl/N-ethyl adjacent to an activating group) is 1. The van der Waals surface area contributed by atoms with E-state index in [1.807, 2.05) is 0 Å². The van der Waals surface area contributed by atoms with Gasteiger partial charge in [0, 0.05) is 7.05 Å². The lowest BCUT2D eigenvalue weighted by molar-refractivity contribution is -0.139. The minimum Gasteiger partial charge on any atom is -0.497 e. The van der Waals surface area contributed by atoms with Crippen molar-refractivity contribution < 1.29 is 23.9 Å². The quantitative estimate of drug-likeness (QED) is 0.572. The van der Waals surface area contributed by atoms with Crippen molar-refractivity contribution in [3.8, 4) is 11.5 Å². The molecule has 1 aromatic carbocycles. The molecular weight excluding hydrogens is 422 g/mol. The number of methoxy groups -OCH3 is 1. The van der Waals surface area contributed by atoms with Crippen molar-refractivity contribution in [3.05, 3.63) is 24.3 Å². The highest BCUT2D eigenvalue weighted by Crippen LogP contribution is 2.45. The molecule has 1 spiro atoms. The number of hydrogen-bond donors (Lipinski definition) is 1. The van der Waals surface area contributed by atoms with E-state index in [-0.39, 0.29) is 23.8 Å². The van der Waals surface area contributed by atoms with Gasteiger partial charge in [-0.2, -0.15) is 0 Å². The van der Waals surface area contributed by atoms with Crippen molar-refractivity contribution in [2.45, 2.75) is 58.4 Å². The summed E-state index contributed by atoms with van der Waals surface area (Å²) in [4.78, 5) is 41.0. The Balaban J connectivity index is 1.50. The maximum absolute atomic E-state index is 13.2. The van der Waals surface area contributed by atoms with Crippen molar-refractivity contribution in [3.63, 3.8) is 0 Å². The molecule has 1 saturated carbocycles. The monoisotopic (exact) mass is 459 g/mol. The van der Waals surface area contributed by atoms with Crippen LogP contribution in [0.4, 0.5) is 4.79 Å². The number of benzene rings is 1. The molecule has 33 heavy (non-hydrogen) atoms. The Labute approximate surface area is 196 Å². The van der Waals surface area contributed by atoms with E-state index in [4.69, 9.17) is 9.47 Å². The minimum absolute atomic E-state index is 0.222. The van der Waals surface area contributed by atoms with Gasteiger partial charge in [-0.3, -0.25) is 14.5 Å². The zero-order valence-corrected chi connectivity index (χ0v) is 20.5. The van der Waals surface area contributed by atoms with Gasteiger partial charge in [0.25, 0.3) is 5.91 Å². The van der Waals surface area contributed by atoms with Gasteiger partial charge < -0.3 is 19.7 Å². The Bertz CT molecular complexity index is 859. The molecule has 0 aromatic heterocycles. The number of ether oxygens (including phenoxy) is 2. The average molecular weight is 460 g/mol. The summed E-state index contributed by atoms with van der Waals surface area (Å²) in [6.45, 7) is 7.11. The molecule has 2 fully saturated rings. The van der Waals surface area contributed by atoms with Crippen LogP contribution < -0.4 is 14.8 Å². The lowest BCUT2D eigenvalue weighted by Gasteiger charge is -2.42. The van der Waals surface area contributed by atoms with Crippen molar-refractivity contribution >= 4 is 17.8 Å². The third-order valence-corrected chi connectivity index (χ3v) is 7.58. The van der Waals surface area contributed by atoms with Crippen LogP contribution in [0.25, 0.3) is 0 Å². The number of nitrogens with one attached hydrogen (secondary N) is 1. The van der Waals surface area contributed by atoms with Gasteiger partial charge in [0.2, 0.25) is 5.91 Å². The summed E-state index contributed by atoms with van der Waals surface area (Å²) >= 11 is 0. The van der Waals surface area contributed by atoms with Crippen LogP contribution in [0, 0.1) is 11.3 Å². The highest BCUT2D eigenvalue weighted by molar-refractivity contribution is 6.09. The Morgan fingerprint density at radius 1 is 1.18 bits per heavy atom. The van der Waals surface area contributed by atoms with Gasteiger partial charge in [-0.15, -0.1) is 0 Å². The fraction of sp³-hybridized carbons (Fsp3) is 0.640. The molecule has 0 atom stereocenters. The molecule has 3 rings (SSSR count). The summed E-state index contributed by atoms with van der Waals surface area (Å²) in [7, 11) is 3.24. The first-order valence-corrected chi connectivity index (χ1v) is 11.8. The van der Waals surface area contributed by atoms with Crippen molar-refractivity contribution in [1.82, 2.24) is 15.1 Å². The molecule has 0 radical (unpaired) electrons. The summed E-state index contributed by atoms with van der Waals surface area (Å²) in [5, 5.41) is 2.91. The van der Waals surface area contributed by atoms with Gasteiger partial charge in [0.15, 0.2) is 0 Å². The highest BCUT2D eigenvalue weighted by Gasteiger charge is 2.53. The first-order valence-electron chi connectivity index (χ1n) is 11.8. The predicted molar refractivity (Wildman–Crippen MR) is 125 cm³/mol. The Hall–Kier alpha value is -2.77. The van der Waals surface area contributed by atoms with E-state index in [1.54, 1.807) is 38.4 Å². The third-order valence-electron chi connectivity index (χ3n) is 7.58. The van der Waals surface area contributed by atoms with Crippen molar-refractivity contribution in [2.24, 2.45) is 11.3 Å². The van der Waals surface area contributed by atoms with E-state index in [1.165, 1.54) is 4.90 Å². The van der Waals surface area contributed by atoms with Gasteiger partial charge >= 0.3 is 6.03 Å². The summed E-state index contributed by atoms with van der Waals surface area (Å²) in [5.74, 6) is 1.38. The van der Waals surface area contributed by atoms with Gasteiger partial charge in [-0.25, -0.2) is 4.79 Å². The summed E-state index contributed by atoms with van der Waals surface area (Å²) in [6.07, 6.45) is 4.14. The van der Waals surface area contributed by atoms with E-state index < -0.39 is 11.6 Å². The maximum atomic E-state index is 13.2. The summed E-state index contributed by atoms with van der Waals surface area (Å²) in [5.41, 5.74) is -0.632. The van der Waals surface area contributed by atoms with Crippen molar-refractivity contribution in [1.29, 1.82) is 0 Å². The Kier molecular flexibility index (Phi) is 7.55. The molecule has 1 N–H and O–H groups in total. The van der Waals surface area contributed by atoms with Crippen LogP contribution in [0.2, 0.25) is 0 Å². The van der Waals surface area contributed by atoms with E-state index in [0.29, 0.717) is 37.7 Å². The van der Waals surface area contributed by atoms with Crippen LogP contribution in [0.3, 0.4) is 0 Å². The fourth-order valence-electron chi connectivity index (χ4n) is 4.69. The molecule has 0 bridgehead atoms. The van der Waals surface area contributed by atoms with Crippen LogP contribution >= 0.6 is 0 Å². The Morgan fingerprint density at radius 2 is 1.79 bits per heavy atom. The predicted octanol–water partition coefficient (Wildman–Crippen LogP) is 3.45. The van der Waals surface area contributed by atoms with Gasteiger partial charge in [0.05, 0.1) is 13.7 Å². The molecule has 0 unspecified atom stereocenters. The Morgan fingerprint density at radius 3 is 2.36 bits per heavy atom. The molecule has 182 valence electrons. The van der Waals surface area contributed by atoms with Crippen LogP contribution in [-0.4, -0.2) is 67.0 Å². The van der Waals surface area contributed by atoms with E-state index in [2.05, 4.69) is 26.1 Å². The minimum atomic E-state index is -0.853. The number of carbonyl (C=O) groups is 3. The second-order valence-electron chi connectivity index (χ2n) is 9.86. The zero-order chi connectivity index (χ0) is 24.2. The zero-order valence-electron chi connectivity index (χ0n) is 20.5. The molecule has 1 aliphatic carbocycles. The molecular formula is C25H37N3O5. The van der Waals surface area contributed by atoms with Gasteiger partial charge in [-0.1, -0.05) is 27.2 Å². The number of carbonyl (C=O) groups excluding carboxylic acids is 3. The standard InChI is InChI=1S/C25H37N3O5/c1-6-24(2,3)18-11-13-25(14-12-18)22(30)28(23(31)26-25)17-21(29)27(4)15-16-33-20-9-7-19(32-5)8-10-20/h7-10,18H,6,11-17H2,1-5H3,(H,26,31). The molecule has 1 aliphatic heterocycles. The average Bonchev–Trinajstić information content (AvgIpc) is 3.03. The molecule has 1 heterocycles. The number of hydrogen-bond acceptors (Lipinski definition) is 5. The number of imide groups is 1. The van der Waals surface area contributed by atoms with Crippen LogP contribution in [0.15, 0.2) is 24.3 Å². The highest BCUT2D eigenvalue weighted by atomic mass is 16.5. The summed E-state index contributed by atoms with van der Waals surface area (Å²) < 4.78 is 10.8. The van der Waals surface area contributed by atoms with E-state index >= 15 is 0 Å². The SMILES string of the molecule is CCC(C)(C)C1CCC2(CC1)NC(=O)N(CC(=O)N(C)CCOc1ccc(OC)cc1)C2=O. The first kappa shape index (κ1) is 24.9. The lowest BCUT2D eigenvalue weighted by atomic mass is 9.65. The number of rotatable bonds is 9. The smallest absolute Gasteiger partial charge is 0.325 e.